The van der Waals surface area contributed by atoms with Crippen LogP contribution in [0.15, 0.2) is 30.3 Å². The molecule has 0 heterocycles. The van der Waals surface area contributed by atoms with E-state index in [0.717, 1.165) is 17.0 Å². The lowest BCUT2D eigenvalue weighted by Crippen LogP contribution is -2.18. The van der Waals surface area contributed by atoms with Gasteiger partial charge < -0.3 is 5.73 Å². The van der Waals surface area contributed by atoms with Crippen LogP contribution in [0.4, 0.5) is 0 Å². The molecule has 1 rings (SSSR count). The van der Waals surface area contributed by atoms with Crippen molar-refractivity contribution in [3.63, 3.8) is 0 Å². The Labute approximate surface area is 109 Å². The van der Waals surface area contributed by atoms with Gasteiger partial charge in [-0.1, -0.05) is 49.7 Å². The highest BCUT2D eigenvalue weighted by Crippen LogP contribution is 2.11. The number of rotatable bonds is 4. The zero-order valence-corrected chi connectivity index (χ0v) is 11.3. The third-order valence-electron chi connectivity index (χ3n) is 2.15. The van der Waals surface area contributed by atoms with Gasteiger partial charge in [0.05, 0.1) is 0 Å². The smallest absolute Gasteiger partial charge is 0.0406 e. The predicted molar refractivity (Wildman–Crippen MR) is 75.2 cm³/mol. The lowest BCUT2D eigenvalue weighted by Gasteiger charge is -2.08. The third-order valence-corrected chi connectivity index (χ3v) is 2.40. The van der Waals surface area contributed by atoms with Gasteiger partial charge >= 0.3 is 0 Å². The second-order valence-corrected chi connectivity index (χ2v) is 4.64. The molecule has 0 saturated heterocycles. The van der Waals surface area contributed by atoms with Crippen LogP contribution in [0.1, 0.15) is 25.8 Å². The van der Waals surface area contributed by atoms with Gasteiger partial charge in [-0.25, -0.2) is 0 Å². The summed E-state index contributed by atoms with van der Waals surface area (Å²) in [7, 11) is 0. The van der Waals surface area contributed by atoms with Gasteiger partial charge in [0, 0.05) is 11.1 Å². The van der Waals surface area contributed by atoms with E-state index in [2.05, 4.69) is 13.8 Å². The van der Waals surface area contributed by atoms with Crippen LogP contribution in [0.25, 0.3) is 6.08 Å². The Hall–Kier alpha value is -0.500. The van der Waals surface area contributed by atoms with E-state index in [1.807, 2.05) is 36.4 Å². The molecule has 16 heavy (non-hydrogen) atoms. The highest BCUT2D eigenvalue weighted by atomic mass is 35.5. The first-order valence-electron chi connectivity index (χ1n) is 5.27. The largest absolute Gasteiger partial charge is 0.324 e. The summed E-state index contributed by atoms with van der Waals surface area (Å²) < 4.78 is 0. The highest BCUT2D eigenvalue weighted by Gasteiger charge is 2.00. The lowest BCUT2D eigenvalue weighted by atomic mass is 10.0. The fraction of sp³-hybridized carbons (Fsp3) is 0.385. The first-order valence-corrected chi connectivity index (χ1v) is 5.65. The summed E-state index contributed by atoms with van der Waals surface area (Å²) in [6, 6.07) is 7.88. The van der Waals surface area contributed by atoms with Crippen LogP contribution in [0.2, 0.25) is 5.02 Å². The fourth-order valence-electron chi connectivity index (χ4n) is 1.43. The van der Waals surface area contributed by atoms with Gasteiger partial charge in [0.2, 0.25) is 0 Å². The Bertz CT molecular complexity index is 317. The molecule has 90 valence electrons. The van der Waals surface area contributed by atoms with E-state index in [4.69, 9.17) is 17.3 Å². The van der Waals surface area contributed by atoms with E-state index in [0.29, 0.717) is 5.92 Å². The molecule has 0 bridgehead atoms. The van der Waals surface area contributed by atoms with Crippen LogP contribution >= 0.6 is 24.0 Å². The van der Waals surface area contributed by atoms with E-state index in [-0.39, 0.29) is 18.4 Å². The molecule has 1 nitrogen and oxygen atoms in total. The lowest BCUT2D eigenvalue weighted by molar-refractivity contribution is 0.547. The molecule has 0 aliphatic heterocycles. The van der Waals surface area contributed by atoms with E-state index in [1.165, 1.54) is 0 Å². The second kappa shape index (κ2) is 7.72. The summed E-state index contributed by atoms with van der Waals surface area (Å²) in [4.78, 5) is 0. The standard InChI is InChI=1S/C13H18ClN.ClH/c1-10(2)9-13(15)8-5-11-3-6-12(14)7-4-11;/h3-8,10,13H,9,15H2,1-2H3;1H. The Morgan fingerprint density at radius 1 is 1.25 bits per heavy atom. The van der Waals surface area contributed by atoms with Crippen LogP contribution in [0.3, 0.4) is 0 Å². The summed E-state index contributed by atoms with van der Waals surface area (Å²) in [5.41, 5.74) is 7.08. The maximum atomic E-state index is 5.94. The molecular formula is C13H19Cl2N. The monoisotopic (exact) mass is 259 g/mol. The number of halogens is 2. The molecule has 0 fully saturated rings. The molecule has 3 heteroatoms. The average Bonchev–Trinajstić information content (AvgIpc) is 2.16. The number of nitrogens with two attached hydrogens (primary N) is 1. The number of hydrogen-bond donors (Lipinski definition) is 1. The topological polar surface area (TPSA) is 26.0 Å². The van der Waals surface area contributed by atoms with Crippen molar-refractivity contribution in [2.45, 2.75) is 26.3 Å². The molecule has 1 aromatic carbocycles. The zero-order valence-electron chi connectivity index (χ0n) is 9.69. The molecule has 0 spiro atoms. The van der Waals surface area contributed by atoms with Crippen molar-refractivity contribution >= 4 is 30.1 Å². The van der Waals surface area contributed by atoms with Crippen molar-refractivity contribution in [3.8, 4) is 0 Å². The predicted octanol–water partition coefficient (Wildman–Crippen LogP) is 4.15. The fourth-order valence-corrected chi connectivity index (χ4v) is 1.56. The maximum absolute atomic E-state index is 5.94. The molecule has 1 unspecified atom stereocenters. The Morgan fingerprint density at radius 3 is 2.31 bits per heavy atom. The number of benzene rings is 1. The minimum absolute atomic E-state index is 0. The van der Waals surface area contributed by atoms with E-state index in [9.17, 15) is 0 Å². The Morgan fingerprint density at radius 2 is 1.81 bits per heavy atom. The van der Waals surface area contributed by atoms with Crippen molar-refractivity contribution in [2.24, 2.45) is 11.7 Å². The van der Waals surface area contributed by atoms with Gasteiger partial charge in [-0.3, -0.25) is 0 Å². The molecule has 1 aromatic rings. The minimum atomic E-state index is 0. The summed E-state index contributed by atoms with van der Waals surface area (Å²) in [6.45, 7) is 4.35. The summed E-state index contributed by atoms with van der Waals surface area (Å²) >= 11 is 5.79. The van der Waals surface area contributed by atoms with Gasteiger partial charge in [-0.2, -0.15) is 0 Å². The zero-order chi connectivity index (χ0) is 11.3. The van der Waals surface area contributed by atoms with Crippen molar-refractivity contribution in [2.75, 3.05) is 0 Å². The van der Waals surface area contributed by atoms with Gasteiger partial charge in [-0.05, 0) is 30.0 Å². The van der Waals surface area contributed by atoms with E-state index in [1.54, 1.807) is 0 Å². The molecule has 0 aliphatic carbocycles. The average molecular weight is 260 g/mol. The Balaban J connectivity index is 0.00000225. The van der Waals surface area contributed by atoms with Crippen molar-refractivity contribution in [1.82, 2.24) is 0 Å². The van der Waals surface area contributed by atoms with E-state index >= 15 is 0 Å². The molecule has 0 radical (unpaired) electrons. The first kappa shape index (κ1) is 15.5. The van der Waals surface area contributed by atoms with Crippen LogP contribution in [-0.4, -0.2) is 6.04 Å². The minimum Gasteiger partial charge on any atom is -0.324 e. The van der Waals surface area contributed by atoms with Crippen LogP contribution in [0, 0.1) is 5.92 Å². The molecule has 0 saturated carbocycles. The van der Waals surface area contributed by atoms with Crippen LogP contribution < -0.4 is 5.73 Å². The normalized spacial score (nSPS) is 12.8. The van der Waals surface area contributed by atoms with Gasteiger partial charge in [0.15, 0.2) is 0 Å². The first-order chi connectivity index (χ1) is 7.08. The van der Waals surface area contributed by atoms with Gasteiger partial charge in [0.1, 0.15) is 0 Å². The Kier molecular flexibility index (Phi) is 7.48. The SMILES string of the molecule is CC(C)CC(N)C=Cc1ccc(Cl)cc1.Cl. The summed E-state index contributed by atoms with van der Waals surface area (Å²) in [5.74, 6) is 0.634. The summed E-state index contributed by atoms with van der Waals surface area (Å²) in [6.07, 6.45) is 5.11. The summed E-state index contributed by atoms with van der Waals surface area (Å²) in [5, 5.41) is 0.763. The second-order valence-electron chi connectivity index (χ2n) is 4.20. The quantitative estimate of drug-likeness (QED) is 0.864. The number of hydrogen-bond acceptors (Lipinski definition) is 1. The van der Waals surface area contributed by atoms with Gasteiger partial charge in [0.25, 0.3) is 0 Å². The molecular weight excluding hydrogens is 241 g/mol. The maximum Gasteiger partial charge on any atom is 0.0406 e. The van der Waals surface area contributed by atoms with Crippen LogP contribution in [-0.2, 0) is 0 Å². The molecule has 0 amide bonds. The van der Waals surface area contributed by atoms with Gasteiger partial charge in [-0.15, -0.1) is 12.4 Å². The highest BCUT2D eigenvalue weighted by molar-refractivity contribution is 6.30. The van der Waals surface area contributed by atoms with Crippen LogP contribution in [0.5, 0.6) is 0 Å². The van der Waals surface area contributed by atoms with Crippen molar-refractivity contribution in [1.29, 1.82) is 0 Å². The van der Waals surface area contributed by atoms with E-state index < -0.39 is 0 Å². The molecule has 2 N–H and O–H groups in total. The molecule has 0 aliphatic rings. The molecule has 1 atom stereocenters. The third kappa shape index (κ3) is 6.16. The molecule has 0 aromatic heterocycles. The van der Waals surface area contributed by atoms with Crippen molar-refractivity contribution in [3.05, 3.63) is 40.9 Å². The van der Waals surface area contributed by atoms with Crippen molar-refractivity contribution < 1.29 is 0 Å².